The summed E-state index contributed by atoms with van der Waals surface area (Å²) in [5, 5.41) is 10.6. The fraction of sp³-hybridized carbons (Fsp3) is 0.250. The van der Waals surface area contributed by atoms with Crippen LogP contribution in [0.25, 0.3) is 0 Å². The lowest BCUT2D eigenvalue weighted by Gasteiger charge is -2.09. The van der Waals surface area contributed by atoms with Crippen LogP contribution in [0, 0.1) is 17.0 Å². The molecule has 0 saturated carbocycles. The highest BCUT2D eigenvalue weighted by Gasteiger charge is 2.25. The van der Waals surface area contributed by atoms with Crippen LogP contribution in [0.3, 0.4) is 0 Å². The first-order valence-electron chi connectivity index (χ1n) is 4.31. The molecule has 0 aliphatic rings. The van der Waals surface area contributed by atoms with E-state index in [4.69, 9.17) is 10.7 Å². The minimum absolute atomic E-state index is 0.0409. The van der Waals surface area contributed by atoms with Crippen molar-refractivity contribution in [1.29, 1.82) is 0 Å². The third kappa shape index (κ3) is 3.26. The second-order valence-corrected chi connectivity index (χ2v) is 5.69. The molecule has 0 aliphatic heterocycles. The zero-order valence-corrected chi connectivity index (χ0v) is 10.3. The molecule has 1 aromatic rings. The Kier molecular flexibility index (Phi) is 4.07. The van der Waals surface area contributed by atoms with Gasteiger partial charge in [-0.25, -0.2) is 8.42 Å². The standard InChI is InChI=1S/C8H6ClF2NO5S/c1-4-2-7(18(9,15)16)6(17-8(10)11)3-5(4)12(13)14/h2-3,8H,1H3. The molecule has 0 aromatic heterocycles. The predicted octanol–water partition coefficient (Wildman–Crippen LogP) is 2.43. The van der Waals surface area contributed by atoms with Crippen molar-refractivity contribution in [2.75, 3.05) is 0 Å². The van der Waals surface area contributed by atoms with Crippen LogP contribution < -0.4 is 4.74 Å². The van der Waals surface area contributed by atoms with Crippen molar-refractivity contribution in [3.8, 4) is 5.75 Å². The van der Waals surface area contributed by atoms with Gasteiger partial charge in [-0.05, 0) is 13.0 Å². The van der Waals surface area contributed by atoms with Gasteiger partial charge in [0.2, 0.25) is 0 Å². The molecule has 0 unspecified atom stereocenters. The van der Waals surface area contributed by atoms with E-state index >= 15 is 0 Å². The van der Waals surface area contributed by atoms with Crippen molar-refractivity contribution in [2.24, 2.45) is 0 Å². The minimum atomic E-state index is -4.35. The number of rotatable bonds is 4. The lowest BCUT2D eigenvalue weighted by Crippen LogP contribution is -2.07. The van der Waals surface area contributed by atoms with Crippen molar-refractivity contribution in [1.82, 2.24) is 0 Å². The largest absolute Gasteiger partial charge is 0.433 e. The van der Waals surface area contributed by atoms with Crippen LogP contribution in [0.1, 0.15) is 5.56 Å². The maximum absolute atomic E-state index is 12.1. The Hall–Kier alpha value is -1.48. The van der Waals surface area contributed by atoms with E-state index in [-0.39, 0.29) is 5.56 Å². The average Bonchev–Trinajstić information content (AvgIpc) is 2.17. The summed E-state index contributed by atoms with van der Waals surface area (Å²) in [4.78, 5) is 9.01. The minimum Gasteiger partial charge on any atom is -0.433 e. The molecule has 10 heteroatoms. The molecule has 0 saturated heterocycles. The first-order chi connectivity index (χ1) is 8.12. The molecule has 0 spiro atoms. The fourth-order valence-corrected chi connectivity index (χ4v) is 2.25. The molecule has 0 heterocycles. The van der Waals surface area contributed by atoms with Crippen molar-refractivity contribution in [3.63, 3.8) is 0 Å². The molecular formula is C8H6ClF2NO5S. The van der Waals surface area contributed by atoms with E-state index in [9.17, 15) is 27.3 Å². The van der Waals surface area contributed by atoms with Gasteiger partial charge in [-0.3, -0.25) is 10.1 Å². The number of aryl methyl sites for hydroxylation is 1. The highest BCUT2D eigenvalue weighted by atomic mass is 35.7. The number of nitro benzene ring substituents is 1. The normalized spacial score (nSPS) is 11.6. The van der Waals surface area contributed by atoms with E-state index in [0.717, 1.165) is 6.07 Å². The third-order valence-electron chi connectivity index (χ3n) is 1.94. The molecule has 0 radical (unpaired) electrons. The van der Waals surface area contributed by atoms with Gasteiger partial charge in [0.15, 0.2) is 5.75 Å². The molecule has 0 bridgehead atoms. The molecule has 0 atom stereocenters. The Labute approximate surface area is 105 Å². The zero-order valence-electron chi connectivity index (χ0n) is 8.76. The molecule has 18 heavy (non-hydrogen) atoms. The Morgan fingerprint density at radius 2 is 2.00 bits per heavy atom. The summed E-state index contributed by atoms with van der Waals surface area (Å²) in [6, 6.07) is 1.40. The highest BCUT2D eigenvalue weighted by Crippen LogP contribution is 2.34. The van der Waals surface area contributed by atoms with Gasteiger partial charge in [-0.2, -0.15) is 8.78 Å². The fourth-order valence-electron chi connectivity index (χ4n) is 1.23. The van der Waals surface area contributed by atoms with Crippen molar-refractivity contribution in [2.45, 2.75) is 18.4 Å². The summed E-state index contributed by atoms with van der Waals surface area (Å²) in [6.07, 6.45) is 0. The number of nitro groups is 1. The smallest absolute Gasteiger partial charge is 0.387 e. The van der Waals surface area contributed by atoms with Gasteiger partial charge < -0.3 is 4.74 Å². The van der Waals surface area contributed by atoms with Gasteiger partial charge in [0.05, 0.1) is 11.0 Å². The summed E-state index contributed by atoms with van der Waals surface area (Å²) in [5.74, 6) is -0.864. The molecule has 100 valence electrons. The second-order valence-electron chi connectivity index (χ2n) is 3.16. The number of ether oxygens (including phenoxy) is 1. The summed E-state index contributed by atoms with van der Waals surface area (Å²) in [6.45, 7) is -2.08. The molecular weight excluding hydrogens is 296 g/mol. The lowest BCUT2D eigenvalue weighted by atomic mass is 10.2. The van der Waals surface area contributed by atoms with Gasteiger partial charge in [0, 0.05) is 16.2 Å². The number of nitrogens with zero attached hydrogens (tertiary/aromatic N) is 1. The first-order valence-corrected chi connectivity index (χ1v) is 6.62. The monoisotopic (exact) mass is 301 g/mol. The maximum Gasteiger partial charge on any atom is 0.387 e. The number of benzene rings is 1. The van der Waals surface area contributed by atoms with E-state index in [0.29, 0.717) is 6.07 Å². The van der Waals surface area contributed by atoms with Crippen LogP contribution in [-0.2, 0) is 9.05 Å². The van der Waals surface area contributed by atoms with Gasteiger partial charge in [-0.15, -0.1) is 0 Å². The average molecular weight is 302 g/mol. The first kappa shape index (κ1) is 14.6. The SMILES string of the molecule is Cc1cc(S(=O)(=O)Cl)c(OC(F)F)cc1[N+](=O)[O-]. The second kappa shape index (κ2) is 5.02. The summed E-state index contributed by atoms with van der Waals surface area (Å²) in [5.41, 5.74) is -0.587. The maximum atomic E-state index is 12.1. The van der Waals surface area contributed by atoms with Crippen LogP contribution in [0.5, 0.6) is 5.75 Å². The van der Waals surface area contributed by atoms with Crippen LogP contribution in [0.2, 0.25) is 0 Å². The van der Waals surface area contributed by atoms with Crippen LogP contribution >= 0.6 is 10.7 Å². The van der Waals surface area contributed by atoms with Gasteiger partial charge >= 0.3 is 6.61 Å². The van der Waals surface area contributed by atoms with E-state index < -0.39 is 36.9 Å². The zero-order chi connectivity index (χ0) is 14.1. The Balaban J connectivity index is 3.52. The van der Waals surface area contributed by atoms with Gasteiger partial charge in [0.25, 0.3) is 14.7 Å². The lowest BCUT2D eigenvalue weighted by molar-refractivity contribution is -0.385. The molecule has 1 aromatic carbocycles. The van der Waals surface area contributed by atoms with Gasteiger partial charge in [0.1, 0.15) is 4.90 Å². The quantitative estimate of drug-likeness (QED) is 0.484. The van der Waals surface area contributed by atoms with Crippen LogP contribution in [0.4, 0.5) is 14.5 Å². The van der Waals surface area contributed by atoms with E-state index in [1.165, 1.54) is 6.92 Å². The molecule has 0 fully saturated rings. The van der Waals surface area contributed by atoms with Gasteiger partial charge in [-0.1, -0.05) is 0 Å². The van der Waals surface area contributed by atoms with Crippen molar-refractivity contribution < 1.29 is 26.9 Å². The van der Waals surface area contributed by atoms with E-state index in [1.807, 2.05) is 0 Å². The van der Waals surface area contributed by atoms with Crippen molar-refractivity contribution in [3.05, 3.63) is 27.8 Å². The number of halogens is 3. The summed E-state index contributed by atoms with van der Waals surface area (Å²) < 4.78 is 50.4. The predicted molar refractivity (Wildman–Crippen MR) is 57.5 cm³/mol. The summed E-state index contributed by atoms with van der Waals surface area (Å²) >= 11 is 0. The van der Waals surface area contributed by atoms with E-state index in [1.54, 1.807) is 0 Å². The van der Waals surface area contributed by atoms with Crippen LogP contribution in [-0.4, -0.2) is 20.0 Å². The Morgan fingerprint density at radius 3 is 2.39 bits per heavy atom. The molecule has 0 amide bonds. The molecule has 0 N–H and O–H groups in total. The number of alkyl halides is 2. The Bertz CT molecular complexity index is 589. The molecule has 1 rings (SSSR count). The van der Waals surface area contributed by atoms with Crippen LogP contribution in [0.15, 0.2) is 17.0 Å². The molecule has 6 nitrogen and oxygen atoms in total. The number of hydrogen-bond donors (Lipinski definition) is 0. The third-order valence-corrected chi connectivity index (χ3v) is 3.28. The number of hydrogen-bond acceptors (Lipinski definition) is 5. The Morgan fingerprint density at radius 1 is 1.44 bits per heavy atom. The summed E-state index contributed by atoms with van der Waals surface area (Å²) in [7, 11) is 0.676. The molecule has 0 aliphatic carbocycles. The topological polar surface area (TPSA) is 86.5 Å². The van der Waals surface area contributed by atoms with E-state index in [2.05, 4.69) is 4.74 Å². The highest BCUT2D eigenvalue weighted by molar-refractivity contribution is 8.13. The van der Waals surface area contributed by atoms with Crippen molar-refractivity contribution >= 4 is 25.4 Å².